The van der Waals surface area contributed by atoms with Gasteiger partial charge in [0.05, 0.1) is 0 Å². The fourth-order valence-electron chi connectivity index (χ4n) is 2.86. The lowest BCUT2D eigenvalue weighted by atomic mass is 10.1. The molecule has 1 atom stereocenters. The third-order valence-corrected chi connectivity index (χ3v) is 3.94. The highest BCUT2D eigenvalue weighted by Gasteiger charge is 2.38. The highest BCUT2D eigenvalue weighted by molar-refractivity contribution is 6.11. The van der Waals surface area contributed by atoms with Crippen molar-refractivity contribution in [3.8, 4) is 0 Å². The van der Waals surface area contributed by atoms with Crippen molar-refractivity contribution in [1.82, 2.24) is 5.32 Å². The highest BCUT2D eigenvalue weighted by atomic mass is 16.2. The lowest BCUT2D eigenvalue weighted by Crippen LogP contribution is -2.48. The number of nitrogens with zero attached hydrogens (tertiary/aromatic N) is 1. The molecule has 0 radical (unpaired) electrons. The molecule has 2 amide bonds. The van der Waals surface area contributed by atoms with Crippen LogP contribution in [0.15, 0.2) is 67.3 Å². The third kappa shape index (κ3) is 2.88. The molecule has 23 heavy (non-hydrogen) atoms. The van der Waals surface area contributed by atoms with E-state index in [1.54, 1.807) is 23.1 Å². The van der Waals surface area contributed by atoms with Crippen molar-refractivity contribution < 1.29 is 9.59 Å². The van der Waals surface area contributed by atoms with Gasteiger partial charge < -0.3 is 5.32 Å². The average Bonchev–Trinajstić information content (AvgIpc) is 2.99. The van der Waals surface area contributed by atoms with E-state index in [0.717, 1.165) is 11.3 Å². The van der Waals surface area contributed by atoms with Crippen LogP contribution in [0.25, 0.3) is 0 Å². The minimum atomic E-state index is -0.528. The molecule has 4 nitrogen and oxygen atoms in total. The smallest absolute Gasteiger partial charge is 0.259 e. The lowest BCUT2D eigenvalue weighted by Gasteiger charge is -2.24. The number of carbonyl (C=O) groups is 2. The molecule has 116 valence electrons. The van der Waals surface area contributed by atoms with Gasteiger partial charge in [-0.15, -0.1) is 6.58 Å². The van der Waals surface area contributed by atoms with Gasteiger partial charge in [0.2, 0.25) is 5.91 Å². The van der Waals surface area contributed by atoms with Gasteiger partial charge in [0.1, 0.15) is 6.04 Å². The average molecular weight is 306 g/mol. The van der Waals surface area contributed by atoms with E-state index in [4.69, 9.17) is 0 Å². The quantitative estimate of drug-likeness (QED) is 0.883. The summed E-state index contributed by atoms with van der Waals surface area (Å²) in [6.07, 6.45) is 2.15. The molecule has 2 aromatic carbocycles. The number of carbonyl (C=O) groups excluding carboxylic acids is 2. The summed E-state index contributed by atoms with van der Waals surface area (Å²) in [6.45, 7) is 3.99. The third-order valence-electron chi connectivity index (χ3n) is 3.94. The number of amides is 2. The second kappa shape index (κ2) is 6.48. The predicted molar refractivity (Wildman–Crippen MR) is 90.4 cm³/mol. The van der Waals surface area contributed by atoms with Crippen LogP contribution in [0.2, 0.25) is 0 Å². The summed E-state index contributed by atoms with van der Waals surface area (Å²) in [6, 6.07) is 16.2. The number of benzene rings is 2. The minimum absolute atomic E-state index is 0.158. The van der Waals surface area contributed by atoms with E-state index in [1.165, 1.54) is 0 Å². The van der Waals surface area contributed by atoms with Gasteiger partial charge in [0.15, 0.2) is 0 Å². The fraction of sp³-hybridized carbons (Fsp3) is 0.158. The van der Waals surface area contributed by atoms with E-state index >= 15 is 0 Å². The maximum atomic E-state index is 12.9. The largest absolute Gasteiger partial charge is 0.351 e. The molecule has 0 aromatic heterocycles. The number of para-hydroxylation sites is 1. The first-order valence-corrected chi connectivity index (χ1v) is 7.57. The van der Waals surface area contributed by atoms with E-state index in [2.05, 4.69) is 11.9 Å². The molecule has 0 aliphatic carbocycles. The van der Waals surface area contributed by atoms with Gasteiger partial charge in [-0.25, -0.2) is 0 Å². The first-order chi connectivity index (χ1) is 11.2. The van der Waals surface area contributed by atoms with E-state index in [9.17, 15) is 9.59 Å². The van der Waals surface area contributed by atoms with Crippen molar-refractivity contribution in [1.29, 1.82) is 0 Å². The molecule has 1 aliphatic heterocycles. The molecule has 0 saturated carbocycles. The van der Waals surface area contributed by atoms with Crippen molar-refractivity contribution in [3.05, 3.63) is 78.4 Å². The van der Waals surface area contributed by atoms with Crippen LogP contribution in [0.5, 0.6) is 0 Å². The van der Waals surface area contributed by atoms with Crippen LogP contribution >= 0.6 is 0 Å². The Morgan fingerprint density at radius 2 is 1.83 bits per heavy atom. The Balaban J connectivity index is 1.96. The number of hydrogen-bond acceptors (Lipinski definition) is 2. The first-order valence-electron chi connectivity index (χ1n) is 7.57. The summed E-state index contributed by atoms with van der Waals surface area (Å²) in [5.41, 5.74) is 2.39. The summed E-state index contributed by atoms with van der Waals surface area (Å²) in [5, 5.41) is 2.79. The summed E-state index contributed by atoms with van der Waals surface area (Å²) in [7, 11) is 0. The van der Waals surface area contributed by atoms with Crippen molar-refractivity contribution >= 4 is 17.5 Å². The van der Waals surface area contributed by atoms with Gasteiger partial charge in [-0.3, -0.25) is 14.5 Å². The molecule has 2 aromatic rings. The van der Waals surface area contributed by atoms with Crippen LogP contribution in [-0.2, 0) is 11.2 Å². The summed E-state index contributed by atoms with van der Waals surface area (Å²) >= 11 is 0. The Hall–Kier alpha value is -2.88. The van der Waals surface area contributed by atoms with Crippen LogP contribution in [0.4, 0.5) is 5.69 Å². The van der Waals surface area contributed by atoms with E-state index in [1.807, 2.05) is 42.5 Å². The molecule has 4 heteroatoms. The van der Waals surface area contributed by atoms with Gasteiger partial charge in [-0.05, 0) is 23.8 Å². The number of hydrogen-bond donors (Lipinski definition) is 1. The molecule has 1 N–H and O–H groups in total. The molecule has 0 fully saturated rings. The monoisotopic (exact) mass is 306 g/mol. The van der Waals surface area contributed by atoms with E-state index < -0.39 is 6.04 Å². The van der Waals surface area contributed by atoms with E-state index in [-0.39, 0.29) is 11.8 Å². The van der Waals surface area contributed by atoms with Crippen molar-refractivity contribution in [2.45, 2.75) is 12.5 Å². The van der Waals surface area contributed by atoms with E-state index in [0.29, 0.717) is 18.5 Å². The predicted octanol–water partition coefficient (Wildman–Crippen LogP) is 2.56. The Morgan fingerprint density at radius 3 is 2.57 bits per heavy atom. The lowest BCUT2D eigenvalue weighted by molar-refractivity contribution is -0.121. The molecule has 3 rings (SSSR count). The van der Waals surface area contributed by atoms with Gasteiger partial charge in [-0.2, -0.15) is 0 Å². The zero-order chi connectivity index (χ0) is 16.2. The number of rotatable bonds is 4. The maximum absolute atomic E-state index is 12.9. The molecule has 0 unspecified atom stereocenters. The maximum Gasteiger partial charge on any atom is 0.259 e. The Labute approximate surface area is 135 Å². The molecule has 0 saturated heterocycles. The van der Waals surface area contributed by atoms with Crippen molar-refractivity contribution in [2.75, 3.05) is 11.4 Å². The van der Waals surface area contributed by atoms with Crippen molar-refractivity contribution in [2.24, 2.45) is 0 Å². The van der Waals surface area contributed by atoms with Gasteiger partial charge in [0.25, 0.3) is 5.91 Å². The zero-order valence-electron chi connectivity index (χ0n) is 12.7. The molecular weight excluding hydrogens is 288 g/mol. The number of anilines is 1. The number of fused-ring (bicyclic) bond motifs is 1. The summed E-state index contributed by atoms with van der Waals surface area (Å²) in [5.74, 6) is -0.320. The van der Waals surface area contributed by atoms with Crippen LogP contribution in [0, 0.1) is 0 Å². The van der Waals surface area contributed by atoms with Gasteiger partial charge >= 0.3 is 0 Å². The Kier molecular flexibility index (Phi) is 4.24. The molecule has 0 spiro atoms. The molecular formula is C19H18N2O2. The number of nitrogens with one attached hydrogen (secondary N) is 1. The SMILES string of the molecule is C=CCNC(=O)[C@H]1Cc2ccccc2N1C(=O)c1ccccc1. The van der Waals surface area contributed by atoms with Gasteiger partial charge in [-0.1, -0.05) is 42.5 Å². The minimum Gasteiger partial charge on any atom is -0.351 e. The molecule has 0 bridgehead atoms. The molecule has 1 aliphatic rings. The topological polar surface area (TPSA) is 49.4 Å². The van der Waals surface area contributed by atoms with Crippen molar-refractivity contribution in [3.63, 3.8) is 0 Å². The Bertz CT molecular complexity index is 740. The normalized spacial score (nSPS) is 15.8. The van der Waals surface area contributed by atoms with Crippen LogP contribution < -0.4 is 10.2 Å². The van der Waals surface area contributed by atoms with Gasteiger partial charge in [0, 0.05) is 24.2 Å². The second-order valence-electron chi connectivity index (χ2n) is 5.42. The molecule has 1 heterocycles. The second-order valence-corrected chi connectivity index (χ2v) is 5.42. The summed E-state index contributed by atoms with van der Waals surface area (Å²) in [4.78, 5) is 27.0. The highest BCUT2D eigenvalue weighted by Crippen LogP contribution is 2.33. The fourth-order valence-corrected chi connectivity index (χ4v) is 2.86. The zero-order valence-corrected chi connectivity index (χ0v) is 12.7. The van der Waals surface area contributed by atoms with Crippen LogP contribution in [-0.4, -0.2) is 24.4 Å². The Morgan fingerprint density at radius 1 is 1.13 bits per heavy atom. The summed E-state index contributed by atoms with van der Waals surface area (Å²) < 4.78 is 0. The first kappa shape index (κ1) is 15.0. The standard InChI is InChI=1S/C19H18N2O2/c1-2-12-20-18(22)17-13-15-10-6-7-11-16(15)21(17)19(23)14-8-4-3-5-9-14/h2-11,17H,1,12-13H2,(H,20,22)/t17-/m1/s1. The van der Waals surface area contributed by atoms with Crippen LogP contribution in [0.3, 0.4) is 0 Å². The van der Waals surface area contributed by atoms with Crippen LogP contribution in [0.1, 0.15) is 15.9 Å².